The molecule has 17 heteroatoms. The van der Waals surface area contributed by atoms with Crippen molar-refractivity contribution in [2.24, 2.45) is 0 Å². The Bertz CT molecular complexity index is 1460. The summed E-state index contributed by atoms with van der Waals surface area (Å²) in [6, 6.07) is 38.8. The van der Waals surface area contributed by atoms with Gasteiger partial charge in [0.05, 0.1) is 0 Å². The molecule has 3 aromatic heterocycles. The van der Waals surface area contributed by atoms with Crippen LogP contribution >= 0.6 is 77.5 Å². The van der Waals surface area contributed by atoms with Crippen LogP contribution in [0.25, 0.3) is 4.85 Å². The maximum absolute atomic E-state index is 6.25. The van der Waals surface area contributed by atoms with Gasteiger partial charge in [0.25, 0.3) is 0 Å². The van der Waals surface area contributed by atoms with Gasteiger partial charge in [0.15, 0.2) is 8.59 Å². The molecule has 0 aliphatic carbocycles. The number of aromatic nitrogens is 6. The van der Waals surface area contributed by atoms with E-state index in [0.29, 0.717) is 0 Å². The van der Waals surface area contributed by atoms with Crippen LogP contribution in [0.15, 0.2) is 146 Å². The molecular weight excluding hydrogens is 885 g/mol. The minimum absolute atomic E-state index is 0. The first kappa shape index (κ1) is 47.8. The fraction of sp³-hybridized carbons (Fsp3) is 0.121. The zero-order chi connectivity index (χ0) is 35.1. The minimum atomic E-state index is -1.12. The quantitative estimate of drug-likeness (QED) is 0.0916. The molecule has 0 aliphatic rings. The van der Waals surface area contributed by atoms with Gasteiger partial charge in [-0.05, 0) is 66.7 Å². The molecule has 0 amide bonds. The molecular formula is C33H33BCl7N7PRu. The number of rotatable bonds is 6. The van der Waals surface area contributed by atoms with E-state index in [1.165, 1.54) is 15.9 Å². The standard InChI is InChI=1S/C18H15P.C9H10BN6.C4H6N.2CHCl3.ClH.Ru/c1-4-10-16(11-5-1)19(17-12-6-2-7-13-17)18-14-8-3-9-15-18;1-4-11-14(7-1)10(15-8-2-5-12-15)16-9-3-6-13-16;1-4(2)5-3;2*2-1(3)4;;/h1-15H;1-10H;1-2H3;2*1H;1H;/q;2*-1;;;;+3/p-1. The second-order valence-corrected chi connectivity index (χ2v) is 15.6. The van der Waals surface area contributed by atoms with Gasteiger partial charge in [-0.2, -0.15) is 0 Å². The molecule has 6 rings (SSSR count). The van der Waals surface area contributed by atoms with Crippen molar-refractivity contribution in [1.82, 2.24) is 29.1 Å². The smallest absolute Gasteiger partial charge is 1.00 e. The predicted molar refractivity (Wildman–Crippen MR) is 209 cm³/mol. The van der Waals surface area contributed by atoms with E-state index in [0.717, 1.165) is 6.04 Å². The Hall–Kier alpha value is -2.20. The van der Waals surface area contributed by atoms with Crippen LogP contribution in [0.3, 0.4) is 0 Å². The fourth-order valence-corrected chi connectivity index (χ4v) is 6.33. The number of hydrogen-bond donors (Lipinski definition) is 0. The van der Waals surface area contributed by atoms with E-state index in [9.17, 15) is 0 Å². The number of hydrogen-bond acceptors (Lipinski definition) is 3. The number of halogens is 7. The summed E-state index contributed by atoms with van der Waals surface area (Å²) >= 11 is 28.8. The van der Waals surface area contributed by atoms with Crippen molar-refractivity contribution in [1.29, 1.82) is 0 Å². The summed E-state index contributed by atoms with van der Waals surface area (Å²) in [5.74, 6) is 0. The van der Waals surface area contributed by atoms with Gasteiger partial charge in [0, 0.05) is 18.6 Å². The van der Waals surface area contributed by atoms with Crippen molar-refractivity contribution in [2.75, 3.05) is 0 Å². The van der Waals surface area contributed by atoms with Gasteiger partial charge in [-0.3, -0.25) is 6.57 Å². The molecule has 3 heterocycles. The Morgan fingerprint density at radius 2 is 0.820 bits per heavy atom. The molecule has 265 valence electrons. The van der Waals surface area contributed by atoms with Crippen LogP contribution in [-0.4, -0.2) is 44.8 Å². The summed E-state index contributed by atoms with van der Waals surface area (Å²) in [5.41, 5.74) is 0. The van der Waals surface area contributed by atoms with Crippen LogP contribution < -0.4 is 28.3 Å². The Kier molecular flexibility index (Phi) is 27.1. The summed E-state index contributed by atoms with van der Waals surface area (Å²) in [6.07, 6.45) is 11.0. The zero-order valence-electron chi connectivity index (χ0n) is 26.8. The van der Waals surface area contributed by atoms with Crippen LogP contribution in [-0.2, 0) is 19.5 Å². The molecule has 0 bridgehead atoms. The second-order valence-electron chi connectivity index (χ2n) is 9.46. The van der Waals surface area contributed by atoms with Crippen molar-refractivity contribution in [3.63, 3.8) is 0 Å². The normalized spacial score (nSPS) is 9.58. The van der Waals surface area contributed by atoms with E-state index < -0.39 is 23.6 Å². The van der Waals surface area contributed by atoms with Crippen molar-refractivity contribution in [3.8, 4) is 0 Å². The maximum atomic E-state index is 6.25. The Balaban J connectivity index is 0.000000699. The molecule has 50 heavy (non-hydrogen) atoms. The Labute approximate surface area is 345 Å². The van der Waals surface area contributed by atoms with E-state index in [4.69, 9.17) is 76.2 Å². The van der Waals surface area contributed by atoms with E-state index in [1.807, 2.05) is 50.6 Å². The van der Waals surface area contributed by atoms with Gasteiger partial charge in [-0.1, -0.05) is 161 Å². The predicted octanol–water partition coefficient (Wildman–Crippen LogP) is 5.83. The Morgan fingerprint density at radius 3 is 1.00 bits per heavy atom. The van der Waals surface area contributed by atoms with Crippen molar-refractivity contribution >= 4 is 101 Å². The summed E-state index contributed by atoms with van der Waals surface area (Å²) in [7, 11) is -1.57. The van der Waals surface area contributed by atoms with Gasteiger partial charge in [0.2, 0.25) is 0 Å². The van der Waals surface area contributed by atoms with Crippen LogP contribution in [0.4, 0.5) is 0 Å². The van der Waals surface area contributed by atoms with Crippen LogP contribution in [0.2, 0.25) is 0 Å². The molecule has 0 saturated heterocycles. The molecule has 0 atom stereocenters. The van der Waals surface area contributed by atoms with Crippen LogP contribution in [0, 0.1) is 12.6 Å². The number of nitrogens with zero attached hydrogens (tertiary/aromatic N) is 7. The van der Waals surface area contributed by atoms with Gasteiger partial charge in [0.1, 0.15) is 0 Å². The first-order valence-electron chi connectivity index (χ1n) is 14.3. The minimum Gasteiger partial charge on any atom is -1.00 e. The molecule has 0 unspecified atom stereocenters. The van der Waals surface area contributed by atoms with E-state index in [-0.39, 0.29) is 31.9 Å². The van der Waals surface area contributed by atoms with Gasteiger partial charge < -0.3 is 31.0 Å². The average Bonchev–Trinajstić information content (AvgIpc) is 3.89. The zero-order valence-corrected chi connectivity index (χ0v) is 34.7. The van der Waals surface area contributed by atoms with Gasteiger partial charge >= 0.3 is 26.6 Å². The SMILES string of the molecule is ClC(Cl)Cl.ClC(Cl)Cl.[C-]#[N+][C-](C)C.[Cl-].[Ru+3].c1ccc(P(c2ccccc2)c2ccccc2)cc1.c1cnn([BH-](n2cccn2)n2cccn2)c1. The molecule has 0 aliphatic heterocycles. The van der Waals surface area contributed by atoms with Crippen LogP contribution in [0.1, 0.15) is 13.8 Å². The molecule has 0 spiro atoms. The van der Waals surface area contributed by atoms with E-state index in [2.05, 4.69) is 111 Å². The average molecular weight is 919 g/mol. The molecule has 6 aromatic rings. The first-order chi connectivity index (χ1) is 23.1. The van der Waals surface area contributed by atoms with Crippen molar-refractivity contribution in [3.05, 3.63) is 164 Å². The topological polar surface area (TPSA) is 57.8 Å². The third-order valence-corrected chi connectivity index (χ3v) is 8.26. The second kappa shape index (κ2) is 28.4. The van der Waals surface area contributed by atoms with Crippen molar-refractivity contribution in [2.45, 2.75) is 22.4 Å². The summed E-state index contributed by atoms with van der Waals surface area (Å²) in [6.45, 7) is 9.81. The molecule has 0 fully saturated rings. The number of alkyl halides is 6. The Morgan fingerprint density at radius 1 is 0.580 bits per heavy atom. The molecule has 0 saturated carbocycles. The summed E-state index contributed by atoms with van der Waals surface area (Å²) in [4.78, 5) is 3.06. The fourth-order valence-electron chi connectivity index (χ4n) is 4.03. The molecule has 1 radical (unpaired) electrons. The molecule has 3 aromatic carbocycles. The van der Waals surface area contributed by atoms with E-state index >= 15 is 0 Å². The maximum Gasteiger partial charge on any atom is 3.00 e. The molecule has 0 N–H and O–H groups in total. The largest absolute Gasteiger partial charge is 3.00 e. The van der Waals surface area contributed by atoms with Crippen LogP contribution in [0.5, 0.6) is 0 Å². The third-order valence-electron chi connectivity index (χ3n) is 5.81. The third kappa shape index (κ3) is 19.4. The summed E-state index contributed by atoms with van der Waals surface area (Å²) < 4.78 is 4.12. The number of benzene rings is 3. The van der Waals surface area contributed by atoms with Crippen molar-refractivity contribution < 1.29 is 31.9 Å². The first-order valence-corrected chi connectivity index (χ1v) is 18.2. The van der Waals surface area contributed by atoms with E-state index in [1.54, 1.807) is 32.4 Å². The van der Waals surface area contributed by atoms with Gasteiger partial charge in [-0.25, -0.2) is 15.3 Å². The van der Waals surface area contributed by atoms with Gasteiger partial charge in [-0.15, -0.1) is 13.8 Å². The molecule has 7 nitrogen and oxygen atoms in total. The summed E-state index contributed by atoms with van der Waals surface area (Å²) in [5, 5.41) is 17.0. The monoisotopic (exact) mass is 916 g/mol.